The number of hydrazine groups is 1. The van der Waals surface area contributed by atoms with Gasteiger partial charge in [0.1, 0.15) is 0 Å². The number of benzene rings is 2. The van der Waals surface area contributed by atoms with Gasteiger partial charge in [-0.1, -0.05) is 48.9 Å². The maximum Gasteiger partial charge on any atom is 0.269 e. The summed E-state index contributed by atoms with van der Waals surface area (Å²) in [4.78, 5) is 12.0. The van der Waals surface area contributed by atoms with Gasteiger partial charge < -0.3 is 5.43 Å². The van der Waals surface area contributed by atoms with E-state index in [0.717, 1.165) is 17.7 Å². The van der Waals surface area contributed by atoms with E-state index in [1.54, 1.807) is 24.3 Å². The zero-order valence-electron chi connectivity index (χ0n) is 11.8. The van der Waals surface area contributed by atoms with Crippen LogP contribution in [0.15, 0.2) is 60.3 Å². The summed E-state index contributed by atoms with van der Waals surface area (Å²) in [7, 11) is 0. The smallest absolute Gasteiger partial charge is 0.269 e. The van der Waals surface area contributed by atoms with Crippen molar-refractivity contribution in [3.8, 4) is 0 Å². The summed E-state index contributed by atoms with van der Waals surface area (Å²) >= 11 is 5.80. The third-order valence-corrected chi connectivity index (χ3v) is 3.22. The Labute approximate surface area is 129 Å². The lowest BCUT2D eigenvalue weighted by molar-refractivity contribution is 0.0938. The molecule has 0 bridgehead atoms. The van der Waals surface area contributed by atoms with Crippen LogP contribution < -0.4 is 10.9 Å². The molecule has 0 aromatic heterocycles. The predicted molar refractivity (Wildman–Crippen MR) is 86.8 cm³/mol. The van der Waals surface area contributed by atoms with Crippen LogP contribution in [0.25, 0.3) is 6.08 Å². The first-order valence-corrected chi connectivity index (χ1v) is 7.14. The Balaban J connectivity index is 1.98. The Kier molecular flexibility index (Phi) is 5.41. The number of allylic oxidation sites excluding steroid dienone is 1. The van der Waals surface area contributed by atoms with E-state index in [9.17, 15) is 4.79 Å². The SMILES string of the molecule is CC/C(=C/c1ccccc1)NNC(=O)c1ccc(Cl)cc1. The second-order valence-corrected chi connectivity index (χ2v) is 4.96. The molecule has 3 nitrogen and oxygen atoms in total. The van der Waals surface area contributed by atoms with E-state index in [2.05, 4.69) is 10.9 Å². The normalized spacial score (nSPS) is 11.0. The molecule has 0 aliphatic carbocycles. The highest BCUT2D eigenvalue weighted by Crippen LogP contribution is 2.10. The molecule has 0 aliphatic rings. The number of carbonyl (C=O) groups excluding carboxylic acids is 1. The first-order valence-electron chi connectivity index (χ1n) is 6.76. The topological polar surface area (TPSA) is 41.1 Å². The van der Waals surface area contributed by atoms with Gasteiger partial charge in [-0.3, -0.25) is 10.2 Å². The largest absolute Gasteiger partial charge is 0.302 e. The van der Waals surface area contributed by atoms with Crippen LogP contribution in [0.5, 0.6) is 0 Å². The van der Waals surface area contributed by atoms with Crippen LogP contribution in [0.2, 0.25) is 5.02 Å². The first kappa shape index (κ1) is 15.1. The molecule has 2 N–H and O–H groups in total. The molecule has 0 saturated carbocycles. The molecule has 21 heavy (non-hydrogen) atoms. The third-order valence-electron chi connectivity index (χ3n) is 2.96. The Morgan fingerprint density at radius 2 is 1.71 bits per heavy atom. The molecular formula is C17H17ClN2O. The molecule has 2 aromatic rings. The van der Waals surface area contributed by atoms with Gasteiger partial charge in [0.2, 0.25) is 0 Å². The fourth-order valence-electron chi connectivity index (χ4n) is 1.79. The van der Waals surface area contributed by atoms with Gasteiger partial charge in [0.25, 0.3) is 5.91 Å². The molecule has 2 aromatic carbocycles. The Morgan fingerprint density at radius 3 is 2.33 bits per heavy atom. The zero-order chi connectivity index (χ0) is 15.1. The molecule has 0 fully saturated rings. The van der Waals surface area contributed by atoms with E-state index in [0.29, 0.717) is 10.6 Å². The summed E-state index contributed by atoms with van der Waals surface area (Å²) in [5, 5.41) is 0.609. The van der Waals surface area contributed by atoms with Gasteiger partial charge in [0, 0.05) is 16.3 Å². The molecule has 0 saturated heterocycles. The Morgan fingerprint density at radius 1 is 1.05 bits per heavy atom. The van der Waals surface area contributed by atoms with Crippen molar-refractivity contribution >= 4 is 23.6 Å². The van der Waals surface area contributed by atoms with Gasteiger partial charge in [0.05, 0.1) is 0 Å². The van der Waals surface area contributed by atoms with Crippen LogP contribution >= 0.6 is 11.6 Å². The number of hydrogen-bond donors (Lipinski definition) is 2. The van der Waals surface area contributed by atoms with Crippen LogP contribution in [0.1, 0.15) is 29.3 Å². The number of rotatable bonds is 5. The molecule has 2 rings (SSSR count). The van der Waals surface area contributed by atoms with E-state index < -0.39 is 0 Å². The monoisotopic (exact) mass is 300 g/mol. The number of amides is 1. The average molecular weight is 301 g/mol. The molecule has 4 heteroatoms. The second-order valence-electron chi connectivity index (χ2n) is 4.52. The summed E-state index contributed by atoms with van der Waals surface area (Å²) in [6, 6.07) is 16.7. The lowest BCUT2D eigenvalue weighted by Gasteiger charge is -2.11. The molecule has 1 amide bonds. The van der Waals surface area contributed by atoms with Crippen molar-refractivity contribution < 1.29 is 4.79 Å². The van der Waals surface area contributed by atoms with Gasteiger partial charge in [-0.25, -0.2) is 0 Å². The number of carbonyl (C=O) groups is 1. The van der Waals surface area contributed by atoms with E-state index >= 15 is 0 Å². The van der Waals surface area contributed by atoms with Crippen molar-refractivity contribution in [2.24, 2.45) is 0 Å². The van der Waals surface area contributed by atoms with Crippen LogP contribution in [0.4, 0.5) is 0 Å². The zero-order valence-corrected chi connectivity index (χ0v) is 12.5. The van der Waals surface area contributed by atoms with Crippen molar-refractivity contribution in [1.82, 2.24) is 10.9 Å². The lowest BCUT2D eigenvalue weighted by Crippen LogP contribution is -2.36. The molecule has 0 aliphatic heterocycles. The fourth-order valence-corrected chi connectivity index (χ4v) is 1.91. The Bertz CT molecular complexity index is 621. The molecule has 0 heterocycles. The fraction of sp³-hybridized carbons (Fsp3) is 0.118. The van der Waals surface area contributed by atoms with Crippen molar-refractivity contribution in [2.75, 3.05) is 0 Å². The maximum absolute atomic E-state index is 12.0. The highest BCUT2D eigenvalue weighted by atomic mass is 35.5. The van der Waals surface area contributed by atoms with Crippen LogP contribution in [-0.2, 0) is 0 Å². The highest BCUT2D eigenvalue weighted by Gasteiger charge is 2.04. The van der Waals surface area contributed by atoms with Crippen molar-refractivity contribution in [3.05, 3.63) is 76.4 Å². The quantitative estimate of drug-likeness (QED) is 0.819. The minimum absolute atomic E-state index is 0.195. The van der Waals surface area contributed by atoms with Crippen molar-refractivity contribution in [1.29, 1.82) is 0 Å². The summed E-state index contributed by atoms with van der Waals surface area (Å²) in [6.45, 7) is 2.02. The van der Waals surface area contributed by atoms with Gasteiger partial charge in [-0.05, 0) is 42.3 Å². The summed E-state index contributed by atoms with van der Waals surface area (Å²) in [5.41, 5.74) is 8.23. The number of nitrogens with one attached hydrogen (secondary N) is 2. The minimum atomic E-state index is -0.195. The third kappa shape index (κ3) is 4.65. The van der Waals surface area contributed by atoms with E-state index in [1.165, 1.54) is 0 Å². The van der Waals surface area contributed by atoms with Crippen LogP contribution in [-0.4, -0.2) is 5.91 Å². The van der Waals surface area contributed by atoms with Gasteiger partial charge in [0.15, 0.2) is 0 Å². The molecule has 0 atom stereocenters. The Hall–Kier alpha value is -2.26. The average Bonchev–Trinajstić information content (AvgIpc) is 2.52. The minimum Gasteiger partial charge on any atom is -0.302 e. The molecule has 0 spiro atoms. The van der Waals surface area contributed by atoms with Gasteiger partial charge >= 0.3 is 0 Å². The van der Waals surface area contributed by atoms with Crippen molar-refractivity contribution in [3.63, 3.8) is 0 Å². The van der Waals surface area contributed by atoms with Crippen molar-refractivity contribution in [2.45, 2.75) is 13.3 Å². The van der Waals surface area contributed by atoms with E-state index in [1.807, 2.05) is 43.3 Å². The maximum atomic E-state index is 12.0. The highest BCUT2D eigenvalue weighted by molar-refractivity contribution is 6.30. The summed E-state index contributed by atoms with van der Waals surface area (Å²) in [6.07, 6.45) is 2.79. The summed E-state index contributed by atoms with van der Waals surface area (Å²) < 4.78 is 0. The molecule has 108 valence electrons. The second kappa shape index (κ2) is 7.50. The van der Waals surface area contributed by atoms with E-state index in [4.69, 9.17) is 11.6 Å². The standard InChI is InChI=1S/C17H17ClN2O/c1-2-16(12-13-6-4-3-5-7-13)19-20-17(21)14-8-10-15(18)11-9-14/h3-12,19H,2H2,1H3,(H,20,21)/b16-12-. The number of hydrogen-bond acceptors (Lipinski definition) is 2. The summed E-state index contributed by atoms with van der Waals surface area (Å²) in [5.74, 6) is -0.195. The molecular weight excluding hydrogens is 284 g/mol. The van der Waals surface area contributed by atoms with Gasteiger partial charge in [-0.15, -0.1) is 0 Å². The molecule has 0 radical (unpaired) electrons. The number of halogens is 1. The predicted octanol–water partition coefficient (Wildman–Crippen LogP) is 4.03. The first-order chi connectivity index (χ1) is 10.2. The van der Waals surface area contributed by atoms with Crippen LogP contribution in [0.3, 0.4) is 0 Å². The van der Waals surface area contributed by atoms with Crippen LogP contribution in [0, 0.1) is 0 Å². The molecule has 0 unspecified atom stereocenters. The van der Waals surface area contributed by atoms with Gasteiger partial charge in [-0.2, -0.15) is 0 Å². The lowest BCUT2D eigenvalue weighted by atomic mass is 10.2. The van der Waals surface area contributed by atoms with E-state index in [-0.39, 0.29) is 5.91 Å².